The fourth-order valence-electron chi connectivity index (χ4n) is 2.19. The molecule has 17 heavy (non-hydrogen) atoms. The maximum Gasteiger partial charge on any atom is 0.228 e. The summed E-state index contributed by atoms with van der Waals surface area (Å²) in [6, 6.07) is 4.66. The van der Waals surface area contributed by atoms with Gasteiger partial charge in [-0.1, -0.05) is 0 Å². The first-order valence-corrected chi connectivity index (χ1v) is 5.96. The molecule has 92 valence electrons. The van der Waals surface area contributed by atoms with Gasteiger partial charge in [-0.2, -0.15) is 0 Å². The second-order valence-electron chi connectivity index (χ2n) is 4.28. The Bertz CT molecular complexity index is 420. The molecule has 0 saturated heterocycles. The fraction of sp³-hybridized carbons (Fsp3) is 0.462. The molecular formula is C13H17FN2O. The number of carbonyl (C=O) groups is 1. The molecule has 2 rings (SSSR count). The van der Waals surface area contributed by atoms with Crippen LogP contribution in [0.2, 0.25) is 0 Å². The average molecular weight is 236 g/mol. The highest BCUT2D eigenvalue weighted by Gasteiger charge is 2.22. The van der Waals surface area contributed by atoms with Crippen LogP contribution in [0.5, 0.6) is 0 Å². The third-order valence-electron chi connectivity index (χ3n) is 3.05. The van der Waals surface area contributed by atoms with E-state index in [0.29, 0.717) is 13.0 Å². The van der Waals surface area contributed by atoms with Crippen LogP contribution in [0.25, 0.3) is 0 Å². The van der Waals surface area contributed by atoms with Crippen molar-refractivity contribution in [3.63, 3.8) is 0 Å². The topological polar surface area (TPSA) is 32.3 Å². The number of carbonyl (C=O) groups excluding carboxylic acids is 1. The van der Waals surface area contributed by atoms with Gasteiger partial charge in [0.05, 0.1) is 0 Å². The van der Waals surface area contributed by atoms with Crippen LogP contribution >= 0.6 is 0 Å². The molecule has 3 nitrogen and oxygen atoms in total. The minimum absolute atomic E-state index is 0.104. The summed E-state index contributed by atoms with van der Waals surface area (Å²) in [5.74, 6) is -0.125. The van der Waals surface area contributed by atoms with Crippen LogP contribution in [0, 0.1) is 5.82 Å². The van der Waals surface area contributed by atoms with Crippen molar-refractivity contribution in [1.82, 2.24) is 5.32 Å². The number of nitrogens with zero attached hydrogens (tertiary/aromatic N) is 1. The molecule has 0 saturated carbocycles. The van der Waals surface area contributed by atoms with Crippen molar-refractivity contribution in [3.8, 4) is 0 Å². The lowest BCUT2D eigenvalue weighted by Crippen LogP contribution is -2.36. The lowest BCUT2D eigenvalue weighted by atomic mass is 10.0. The molecule has 1 N–H and O–H groups in total. The van der Waals surface area contributed by atoms with Gasteiger partial charge in [-0.25, -0.2) is 4.39 Å². The van der Waals surface area contributed by atoms with Crippen molar-refractivity contribution < 1.29 is 9.18 Å². The molecular weight excluding hydrogens is 219 g/mol. The van der Waals surface area contributed by atoms with E-state index in [0.717, 1.165) is 30.6 Å². The summed E-state index contributed by atoms with van der Waals surface area (Å²) in [5.41, 5.74) is 1.81. The molecule has 1 aromatic rings. The van der Waals surface area contributed by atoms with E-state index in [1.54, 1.807) is 11.0 Å². The van der Waals surface area contributed by atoms with E-state index in [4.69, 9.17) is 0 Å². The standard InChI is InChI=1S/C13H17FN2O/c1-15-7-6-13(17)16-8-2-3-10-9-11(14)4-5-12(10)16/h4-5,9,15H,2-3,6-8H2,1H3. The molecule has 1 aliphatic heterocycles. The second kappa shape index (κ2) is 5.27. The van der Waals surface area contributed by atoms with Crippen LogP contribution in [0.3, 0.4) is 0 Å². The Hall–Kier alpha value is -1.42. The van der Waals surface area contributed by atoms with Crippen LogP contribution in [-0.2, 0) is 11.2 Å². The van der Waals surface area contributed by atoms with E-state index < -0.39 is 0 Å². The van der Waals surface area contributed by atoms with Crippen LogP contribution in [0.1, 0.15) is 18.4 Å². The van der Waals surface area contributed by atoms with Crippen LogP contribution in [0.4, 0.5) is 10.1 Å². The molecule has 0 aromatic heterocycles. The summed E-state index contributed by atoms with van der Waals surface area (Å²) in [4.78, 5) is 13.8. The Kier molecular flexibility index (Phi) is 3.74. The molecule has 0 atom stereocenters. The Labute approximate surface area is 101 Å². The zero-order valence-electron chi connectivity index (χ0n) is 10.0. The van der Waals surface area contributed by atoms with E-state index in [9.17, 15) is 9.18 Å². The number of hydrogen-bond donors (Lipinski definition) is 1. The predicted octanol–water partition coefficient (Wildman–Crippen LogP) is 1.71. The number of anilines is 1. The molecule has 1 aliphatic rings. The summed E-state index contributed by atoms with van der Waals surface area (Å²) in [6.07, 6.45) is 2.23. The third-order valence-corrected chi connectivity index (χ3v) is 3.05. The van der Waals surface area contributed by atoms with Gasteiger partial charge >= 0.3 is 0 Å². The van der Waals surface area contributed by atoms with Crippen molar-refractivity contribution in [3.05, 3.63) is 29.6 Å². The number of amides is 1. The highest BCUT2D eigenvalue weighted by atomic mass is 19.1. The van der Waals surface area contributed by atoms with E-state index in [-0.39, 0.29) is 11.7 Å². The van der Waals surface area contributed by atoms with Gasteiger partial charge in [-0.05, 0) is 43.7 Å². The molecule has 0 unspecified atom stereocenters. The summed E-state index contributed by atoms with van der Waals surface area (Å²) >= 11 is 0. The third kappa shape index (κ3) is 2.64. The molecule has 1 amide bonds. The Morgan fingerprint density at radius 2 is 2.35 bits per heavy atom. The monoisotopic (exact) mass is 236 g/mol. The van der Waals surface area contributed by atoms with E-state index >= 15 is 0 Å². The number of fused-ring (bicyclic) bond motifs is 1. The van der Waals surface area contributed by atoms with Gasteiger partial charge in [0, 0.05) is 25.2 Å². The molecule has 1 aromatic carbocycles. The lowest BCUT2D eigenvalue weighted by Gasteiger charge is -2.29. The van der Waals surface area contributed by atoms with Crippen molar-refractivity contribution in [2.24, 2.45) is 0 Å². The zero-order valence-corrected chi connectivity index (χ0v) is 10.0. The van der Waals surface area contributed by atoms with E-state index in [1.807, 2.05) is 7.05 Å². The zero-order chi connectivity index (χ0) is 12.3. The largest absolute Gasteiger partial charge is 0.319 e. The number of rotatable bonds is 3. The minimum atomic E-state index is -0.228. The number of benzene rings is 1. The van der Waals surface area contributed by atoms with Crippen molar-refractivity contribution in [2.75, 3.05) is 25.0 Å². The normalized spacial score (nSPS) is 14.6. The summed E-state index contributed by atoms with van der Waals surface area (Å²) < 4.78 is 13.1. The van der Waals surface area contributed by atoms with Gasteiger partial charge in [0.2, 0.25) is 5.91 Å². The number of aryl methyl sites for hydroxylation is 1. The van der Waals surface area contributed by atoms with Crippen LogP contribution < -0.4 is 10.2 Å². The maximum absolute atomic E-state index is 13.1. The van der Waals surface area contributed by atoms with Gasteiger partial charge in [0.25, 0.3) is 0 Å². The first-order chi connectivity index (χ1) is 8.22. The summed E-state index contributed by atoms with van der Waals surface area (Å²) in [7, 11) is 1.83. The highest BCUT2D eigenvalue weighted by Crippen LogP contribution is 2.28. The number of hydrogen-bond acceptors (Lipinski definition) is 2. The highest BCUT2D eigenvalue weighted by molar-refractivity contribution is 5.94. The smallest absolute Gasteiger partial charge is 0.228 e. The van der Waals surface area contributed by atoms with E-state index in [2.05, 4.69) is 5.32 Å². The quantitative estimate of drug-likeness (QED) is 0.866. The SMILES string of the molecule is CNCCC(=O)N1CCCc2cc(F)ccc21. The Balaban J connectivity index is 2.19. The molecule has 1 heterocycles. The number of halogens is 1. The predicted molar refractivity (Wildman–Crippen MR) is 65.6 cm³/mol. The van der Waals surface area contributed by atoms with Gasteiger partial charge in [-0.3, -0.25) is 4.79 Å². The summed E-state index contributed by atoms with van der Waals surface area (Å²) in [6.45, 7) is 1.41. The minimum Gasteiger partial charge on any atom is -0.319 e. The number of nitrogens with one attached hydrogen (secondary N) is 1. The van der Waals surface area contributed by atoms with Crippen molar-refractivity contribution in [1.29, 1.82) is 0 Å². The van der Waals surface area contributed by atoms with Crippen molar-refractivity contribution in [2.45, 2.75) is 19.3 Å². The van der Waals surface area contributed by atoms with Crippen molar-refractivity contribution >= 4 is 11.6 Å². The fourth-order valence-corrected chi connectivity index (χ4v) is 2.19. The second-order valence-corrected chi connectivity index (χ2v) is 4.28. The molecule has 0 aliphatic carbocycles. The first kappa shape index (κ1) is 12.0. The molecule has 0 radical (unpaired) electrons. The molecule has 0 bridgehead atoms. The molecule has 4 heteroatoms. The van der Waals surface area contributed by atoms with E-state index in [1.165, 1.54) is 12.1 Å². The van der Waals surface area contributed by atoms with Gasteiger partial charge in [-0.15, -0.1) is 0 Å². The van der Waals surface area contributed by atoms with Gasteiger partial charge < -0.3 is 10.2 Å². The van der Waals surface area contributed by atoms with Gasteiger partial charge in [0.15, 0.2) is 0 Å². The maximum atomic E-state index is 13.1. The molecule has 0 spiro atoms. The Morgan fingerprint density at radius 3 is 3.12 bits per heavy atom. The Morgan fingerprint density at radius 1 is 1.53 bits per heavy atom. The first-order valence-electron chi connectivity index (χ1n) is 5.96. The van der Waals surface area contributed by atoms with Crippen LogP contribution in [0.15, 0.2) is 18.2 Å². The molecule has 0 fully saturated rings. The average Bonchev–Trinajstić information content (AvgIpc) is 2.34. The summed E-state index contributed by atoms with van der Waals surface area (Å²) in [5, 5.41) is 2.96. The van der Waals surface area contributed by atoms with Crippen LogP contribution in [-0.4, -0.2) is 26.0 Å². The van der Waals surface area contributed by atoms with Gasteiger partial charge in [0.1, 0.15) is 5.82 Å². The lowest BCUT2D eigenvalue weighted by molar-refractivity contribution is -0.118.